The summed E-state index contributed by atoms with van der Waals surface area (Å²) in [4.78, 5) is 23.5. The van der Waals surface area contributed by atoms with Crippen molar-refractivity contribution in [2.45, 2.75) is 13.3 Å². The molecule has 0 aromatic heterocycles. The van der Waals surface area contributed by atoms with E-state index in [1.807, 2.05) is 6.92 Å². The Hall–Kier alpha value is -2.82. The number of hydrogen-bond acceptors (Lipinski definition) is 3. The normalized spacial score (nSPS) is 10.0. The first kappa shape index (κ1) is 15.6. The lowest BCUT2D eigenvalue weighted by Gasteiger charge is -2.09. The highest BCUT2D eigenvalue weighted by atomic mass is 16.5. The van der Waals surface area contributed by atoms with Crippen molar-refractivity contribution >= 4 is 17.5 Å². The van der Waals surface area contributed by atoms with E-state index in [0.29, 0.717) is 17.9 Å². The lowest BCUT2D eigenvalue weighted by atomic mass is 10.1. The van der Waals surface area contributed by atoms with Crippen molar-refractivity contribution in [1.29, 1.82) is 0 Å². The monoisotopic (exact) mass is 298 g/mol. The third kappa shape index (κ3) is 3.85. The Bertz CT molecular complexity index is 666. The first-order chi connectivity index (χ1) is 10.6. The average Bonchev–Trinajstić information content (AvgIpc) is 2.53. The third-order valence-corrected chi connectivity index (χ3v) is 3.03. The van der Waals surface area contributed by atoms with Gasteiger partial charge in [0.1, 0.15) is 5.75 Å². The molecule has 0 atom stereocenters. The zero-order valence-corrected chi connectivity index (χ0v) is 12.3. The van der Waals surface area contributed by atoms with Crippen LogP contribution in [-0.2, 0) is 0 Å². The number of rotatable bonds is 6. The highest BCUT2D eigenvalue weighted by Crippen LogP contribution is 2.17. The van der Waals surface area contributed by atoms with Gasteiger partial charge in [0, 0.05) is 5.56 Å². The summed E-state index contributed by atoms with van der Waals surface area (Å²) in [5.74, 6) is -0.175. The first-order valence-corrected chi connectivity index (χ1v) is 7.05. The van der Waals surface area contributed by atoms with E-state index >= 15 is 0 Å². The van der Waals surface area contributed by atoms with Crippen LogP contribution in [0.5, 0.6) is 5.75 Å². The Kier molecular flexibility index (Phi) is 5.14. The van der Waals surface area contributed by atoms with E-state index in [1.165, 1.54) is 0 Å². The molecule has 0 aliphatic rings. The molecule has 3 N–H and O–H groups in total. The number of amides is 2. The van der Waals surface area contributed by atoms with Gasteiger partial charge >= 0.3 is 0 Å². The predicted octanol–water partition coefficient (Wildman–Crippen LogP) is 2.83. The molecule has 0 saturated carbocycles. The van der Waals surface area contributed by atoms with Gasteiger partial charge in [0.05, 0.1) is 17.9 Å². The van der Waals surface area contributed by atoms with E-state index in [-0.39, 0.29) is 11.5 Å². The van der Waals surface area contributed by atoms with Crippen LogP contribution in [-0.4, -0.2) is 18.4 Å². The van der Waals surface area contributed by atoms with Gasteiger partial charge in [-0.3, -0.25) is 9.59 Å². The molecule has 22 heavy (non-hydrogen) atoms. The molecular formula is C17H18N2O3. The maximum atomic E-state index is 12.2. The molecule has 0 bridgehead atoms. The van der Waals surface area contributed by atoms with Crippen LogP contribution in [0.3, 0.4) is 0 Å². The summed E-state index contributed by atoms with van der Waals surface area (Å²) in [6, 6.07) is 13.4. The second-order valence-electron chi connectivity index (χ2n) is 4.74. The number of carbonyl (C=O) groups excluding carboxylic acids is 2. The van der Waals surface area contributed by atoms with Crippen LogP contribution in [0.15, 0.2) is 48.5 Å². The molecule has 0 fully saturated rings. The molecule has 2 amide bonds. The molecule has 0 radical (unpaired) electrons. The van der Waals surface area contributed by atoms with E-state index in [0.717, 1.165) is 12.2 Å². The van der Waals surface area contributed by atoms with Crippen molar-refractivity contribution in [3.8, 4) is 5.75 Å². The summed E-state index contributed by atoms with van der Waals surface area (Å²) in [6.45, 7) is 2.66. The molecule has 0 aliphatic carbocycles. The summed E-state index contributed by atoms with van der Waals surface area (Å²) in [5, 5.41) is 2.69. The number of carbonyl (C=O) groups is 2. The van der Waals surface area contributed by atoms with Crippen LogP contribution in [0.2, 0.25) is 0 Å². The lowest BCUT2D eigenvalue weighted by molar-refractivity contribution is 0.100. The zero-order valence-electron chi connectivity index (χ0n) is 12.3. The predicted molar refractivity (Wildman–Crippen MR) is 85.1 cm³/mol. The van der Waals surface area contributed by atoms with Crippen molar-refractivity contribution < 1.29 is 14.3 Å². The van der Waals surface area contributed by atoms with Crippen LogP contribution in [0, 0.1) is 0 Å². The van der Waals surface area contributed by atoms with Gasteiger partial charge in [0.2, 0.25) is 0 Å². The maximum absolute atomic E-state index is 12.2. The minimum Gasteiger partial charge on any atom is -0.494 e. The quantitative estimate of drug-likeness (QED) is 0.860. The van der Waals surface area contributed by atoms with Crippen LogP contribution in [0.1, 0.15) is 34.1 Å². The van der Waals surface area contributed by atoms with Gasteiger partial charge in [-0.25, -0.2) is 0 Å². The summed E-state index contributed by atoms with van der Waals surface area (Å²) in [6.07, 6.45) is 0.923. The third-order valence-electron chi connectivity index (χ3n) is 3.03. The van der Waals surface area contributed by atoms with Crippen molar-refractivity contribution in [2.75, 3.05) is 11.9 Å². The van der Waals surface area contributed by atoms with Crippen molar-refractivity contribution in [3.05, 3.63) is 59.7 Å². The number of anilines is 1. The molecule has 0 unspecified atom stereocenters. The minimum absolute atomic E-state index is 0.277. The Morgan fingerprint density at radius 1 is 1.09 bits per heavy atom. The summed E-state index contributed by atoms with van der Waals surface area (Å²) in [5.41, 5.74) is 6.44. The SMILES string of the molecule is CCCOc1ccc(C(=O)Nc2ccccc2C(N)=O)cc1. The highest BCUT2D eigenvalue weighted by Gasteiger charge is 2.11. The molecular weight excluding hydrogens is 280 g/mol. The first-order valence-electron chi connectivity index (χ1n) is 7.05. The molecule has 0 spiro atoms. The average molecular weight is 298 g/mol. The van der Waals surface area contributed by atoms with Crippen molar-refractivity contribution in [1.82, 2.24) is 0 Å². The van der Waals surface area contributed by atoms with Gasteiger partial charge < -0.3 is 15.8 Å². The number of nitrogens with two attached hydrogens (primary N) is 1. The molecule has 5 heteroatoms. The molecule has 2 aromatic carbocycles. The van der Waals surface area contributed by atoms with E-state index in [2.05, 4.69) is 5.32 Å². The van der Waals surface area contributed by atoms with E-state index < -0.39 is 5.91 Å². The van der Waals surface area contributed by atoms with E-state index in [9.17, 15) is 9.59 Å². The van der Waals surface area contributed by atoms with Gasteiger partial charge in [-0.2, -0.15) is 0 Å². The minimum atomic E-state index is -0.584. The number of para-hydroxylation sites is 1. The van der Waals surface area contributed by atoms with Gasteiger partial charge in [-0.05, 0) is 42.8 Å². The molecule has 2 rings (SSSR count). The highest BCUT2D eigenvalue weighted by molar-refractivity contribution is 6.08. The van der Waals surface area contributed by atoms with Gasteiger partial charge in [0.25, 0.3) is 11.8 Å². The zero-order chi connectivity index (χ0) is 15.9. The maximum Gasteiger partial charge on any atom is 0.255 e. The van der Waals surface area contributed by atoms with E-state index in [1.54, 1.807) is 48.5 Å². The van der Waals surface area contributed by atoms with Gasteiger partial charge in [-0.1, -0.05) is 19.1 Å². The topological polar surface area (TPSA) is 81.4 Å². The molecule has 2 aromatic rings. The Morgan fingerprint density at radius 3 is 2.41 bits per heavy atom. The molecule has 0 aliphatic heterocycles. The molecule has 5 nitrogen and oxygen atoms in total. The molecule has 0 heterocycles. The Balaban J connectivity index is 2.11. The summed E-state index contributed by atoms with van der Waals surface area (Å²) < 4.78 is 5.47. The molecule has 114 valence electrons. The standard InChI is InChI=1S/C17H18N2O3/c1-2-11-22-13-9-7-12(8-10-13)17(21)19-15-6-4-3-5-14(15)16(18)20/h3-10H,2,11H2,1H3,(H2,18,20)(H,19,21). The van der Waals surface area contributed by atoms with Crippen molar-refractivity contribution in [3.63, 3.8) is 0 Å². The second-order valence-corrected chi connectivity index (χ2v) is 4.74. The fourth-order valence-corrected chi connectivity index (χ4v) is 1.92. The van der Waals surface area contributed by atoms with Crippen molar-refractivity contribution in [2.24, 2.45) is 5.73 Å². The summed E-state index contributed by atoms with van der Waals surface area (Å²) in [7, 11) is 0. The fraction of sp³-hybridized carbons (Fsp3) is 0.176. The number of primary amides is 1. The van der Waals surface area contributed by atoms with Gasteiger partial charge in [-0.15, -0.1) is 0 Å². The number of hydrogen-bond donors (Lipinski definition) is 2. The summed E-state index contributed by atoms with van der Waals surface area (Å²) >= 11 is 0. The van der Waals surface area contributed by atoms with Gasteiger partial charge in [0.15, 0.2) is 0 Å². The van der Waals surface area contributed by atoms with Crippen LogP contribution < -0.4 is 15.8 Å². The second kappa shape index (κ2) is 7.26. The smallest absolute Gasteiger partial charge is 0.255 e. The largest absolute Gasteiger partial charge is 0.494 e. The lowest BCUT2D eigenvalue weighted by Crippen LogP contribution is -2.18. The Morgan fingerprint density at radius 2 is 1.77 bits per heavy atom. The Labute approximate surface area is 129 Å². The van der Waals surface area contributed by atoms with E-state index in [4.69, 9.17) is 10.5 Å². The number of benzene rings is 2. The van der Waals surface area contributed by atoms with Crippen LogP contribution in [0.4, 0.5) is 5.69 Å². The van der Waals surface area contributed by atoms with Crippen LogP contribution >= 0.6 is 0 Å². The number of nitrogens with one attached hydrogen (secondary N) is 1. The van der Waals surface area contributed by atoms with Crippen LogP contribution in [0.25, 0.3) is 0 Å². The fourth-order valence-electron chi connectivity index (χ4n) is 1.92. The molecule has 0 saturated heterocycles. The number of ether oxygens (including phenoxy) is 1.